The van der Waals surface area contributed by atoms with Crippen molar-refractivity contribution in [2.75, 3.05) is 0 Å². The van der Waals surface area contributed by atoms with Crippen molar-refractivity contribution in [2.24, 2.45) is 0 Å². The van der Waals surface area contributed by atoms with Crippen molar-refractivity contribution in [3.8, 4) is 0 Å². The molecule has 0 aromatic heterocycles. The molecule has 0 aliphatic carbocycles. The van der Waals surface area contributed by atoms with Crippen LogP contribution in [0.2, 0.25) is 0 Å². The molecule has 0 bridgehead atoms. The average molecular weight is 399 g/mol. The number of carbonyl (C=O) groups excluding carboxylic acids is 2. The van der Waals surface area contributed by atoms with Crippen LogP contribution in [0.25, 0.3) is 0 Å². The minimum atomic E-state index is -0.577. The lowest BCUT2D eigenvalue weighted by atomic mass is 10.1. The molecule has 156 valence electrons. The molecular weight excluding hydrogens is 367 g/mol. The van der Waals surface area contributed by atoms with Crippen LogP contribution in [0.15, 0.2) is 48.5 Å². The number of rotatable bonds is 9. The number of amides is 2. The molecule has 0 fully saturated rings. The van der Waals surface area contributed by atoms with E-state index in [0.717, 1.165) is 23.1 Å². The van der Waals surface area contributed by atoms with Crippen LogP contribution in [-0.2, 0) is 22.6 Å². The van der Waals surface area contributed by atoms with Crippen molar-refractivity contribution >= 4 is 11.8 Å². The molecule has 0 aliphatic heterocycles. The second kappa shape index (κ2) is 10.7. The maximum absolute atomic E-state index is 13.3. The molecule has 1 N–H and O–H groups in total. The van der Waals surface area contributed by atoms with Gasteiger partial charge in [-0.25, -0.2) is 4.39 Å². The zero-order valence-electron chi connectivity index (χ0n) is 17.7. The van der Waals surface area contributed by atoms with Crippen molar-refractivity contribution in [1.82, 2.24) is 10.2 Å². The molecule has 0 heterocycles. The Kier molecular flexibility index (Phi) is 8.37. The largest absolute Gasteiger partial charge is 0.352 e. The Labute approximate surface area is 173 Å². The van der Waals surface area contributed by atoms with Crippen LogP contribution in [0, 0.1) is 12.7 Å². The van der Waals surface area contributed by atoms with E-state index in [-0.39, 0.29) is 36.6 Å². The maximum Gasteiger partial charge on any atom is 0.243 e. The Balaban J connectivity index is 2.26. The number of nitrogens with zero attached hydrogens (tertiary/aromatic N) is 1. The average Bonchev–Trinajstić information content (AvgIpc) is 2.70. The lowest BCUT2D eigenvalue weighted by Gasteiger charge is -2.31. The van der Waals surface area contributed by atoms with Gasteiger partial charge in [0.2, 0.25) is 11.8 Å². The van der Waals surface area contributed by atoms with Gasteiger partial charge in [0.25, 0.3) is 0 Å². The molecule has 2 aromatic carbocycles. The van der Waals surface area contributed by atoms with Gasteiger partial charge in [0, 0.05) is 12.6 Å². The van der Waals surface area contributed by atoms with Crippen LogP contribution in [-0.4, -0.2) is 28.8 Å². The smallest absolute Gasteiger partial charge is 0.243 e. The van der Waals surface area contributed by atoms with Gasteiger partial charge in [0.15, 0.2) is 0 Å². The summed E-state index contributed by atoms with van der Waals surface area (Å²) >= 11 is 0. The minimum Gasteiger partial charge on any atom is -0.352 e. The van der Waals surface area contributed by atoms with Crippen molar-refractivity contribution in [1.29, 1.82) is 0 Å². The fraction of sp³-hybridized carbons (Fsp3) is 0.417. The Hall–Kier alpha value is -2.69. The van der Waals surface area contributed by atoms with Crippen molar-refractivity contribution in [3.05, 3.63) is 71.0 Å². The summed E-state index contributed by atoms with van der Waals surface area (Å²) in [5.41, 5.74) is 2.82. The van der Waals surface area contributed by atoms with Crippen molar-refractivity contribution in [3.63, 3.8) is 0 Å². The normalized spacial score (nSPS) is 12.9. The summed E-state index contributed by atoms with van der Waals surface area (Å²) in [6.07, 6.45) is 1.54. The molecule has 0 aliphatic rings. The van der Waals surface area contributed by atoms with Gasteiger partial charge < -0.3 is 10.2 Å². The molecule has 0 unspecified atom stereocenters. The van der Waals surface area contributed by atoms with E-state index in [9.17, 15) is 14.0 Å². The number of halogens is 1. The molecule has 5 heteroatoms. The van der Waals surface area contributed by atoms with Crippen LogP contribution in [0.3, 0.4) is 0 Å². The summed E-state index contributed by atoms with van der Waals surface area (Å²) in [7, 11) is 0. The van der Waals surface area contributed by atoms with Gasteiger partial charge in [-0.05, 0) is 49.9 Å². The van der Waals surface area contributed by atoms with Gasteiger partial charge in [0.05, 0.1) is 6.42 Å². The van der Waals surface area contributed by atoms with Gasteiger partial charge >= 0.3 is 0 Å². The zero-order valence-corrected chi connectivity index (χ0v) is 17.7. The predicted octanol–water partition coefficient (Wildman–Crippen LogP) is 4.40. The first-order valence-electron chi connectivity index (χ1n) is 10.2. The number of nitrogens with one attached hydrogen (secondary N) is 1. The van der Waals surface area contributed by atoms with Crippen molar-refractivity contribution < 1.29 is 14.0 Å². The summed E-state index contributed by atoms with van der Waals surface area (Å²) in [5.74, 6) is -0.599. The second-order valence-corrected chi connectivity index (χ2v) is 7.55. The van der Waals surface area contributed by atoms with E-state index in [1.165, 1.54) is 12.1 Å². The van der Waals surface area contributed by atoms with Gasteiger partial charge in [-0.1, -0.05) is 55.8 Å². The van der Waals surface area contributed by atoms with Crippen LogP contribution in [0.1, 0.15) is 50.3 Å². The van der Waals surface area contributed by atoms with Gasteiger partial charge in [-0.3, -0.25) is 9.59 Å². The molecule has 0 saturated heterocycles. The Morgan fingerprint density at radius 3 is 2.10 bits per heavy atom. The molecular formula is C24H31FN2O2. The molecule has 29 heavy (non-hydrogen) atoms. The molecule has 0 radical (unpaired) electrons. The van der Waals surface area contributed by atoms with E-state index in [4.69, 9.17) is 0 Å². The fourth-order valence-corrected chi connectivity index (χ4v) is 3.13. The molecule has 0 saturated carbocycles. The Morgan fingerprint density at radius 2 is 1.55 bits per heavy atom. The first-order valence-corrected chi connectivity index (χ1v) is 10.2. The van der Waals surface area contributed by atoms with E-state index in [0.29, 0.717) is 6.42 Å². The van der Waals surface area contributed by atoms with E-state index >= 15 is 0 Å². The standard InChI is InChI=1S/C24H31FN2O2/c1-5-18(4)26-24(29)22(6-2)27(16-20-11-13-21(25)14-12-20)23(28)15-19-9-7-17(3)8-10-19/h7-14,18,22H,5-6,15-16H2,1-4H3,(H,26,29)/t18-,22-/m1/s1. The first kappa shape index (κ1) is 22.6. The number of aryl methyl sites for hydroxylation is 1. The number of hydrogen-bond acceptors (Lipinski definition) is 2. The fourth-order valence-electron chi connectivity index (χ4n) is 3.13. The summed E-state index contributed by atoms with van der Waals surface area (Å²) < 4.78 is 13.3. The number of carbonyl (C=O) groups is 2. The zero-order chi connectivity index (χ0) is 21.4. The Bertz CT molecular complexity index is 803. The third-order valence-corrected chi connectivity index (χ3v) is 5.13. The summed E-state index contributed by atoms with van der Waals surface area (Å²) in [6, 6.07) is 13.3. The maximum atomic E-state index is 13.3. The van der Waals surface area contributed by atoms with Gasteiger partial charge in [-0.15, -0.1) is 0 Å². The lowest BCUT2D eigenvalue weighted by molar-refractivity contribution is -0.141. The highest BCUT2D eigenvalue weighted by atomic mass is 19.1. The topological polar surface area (TPSA) is 49.4 Å². The quantitative estimate of drug-likeness (QED) is 0.681. The molecule has 2 rings (SSSR count). The van der Waals surface area contributed by atoms with E-state index < -0.39 is 6.04 Å². The summed E-state index contributed by atoms with van der Waals surface area (Å²) in [6.45, 7) is 8.11. The molecule has 4 nitrogen and oxygen atoms in total. The third kappa shape index (κ3) is 6.70. The van der Waals surface area contributed by atoms with E-state index in [1.807, 2.05) is 52.0 Å². The molecule has 2 aromatic rings. The van der Waals surface area contributed by atoms with Crippen LogP contribution < -0.4 is 5.32 Å². The highest BCUT2D eigenvalue weighted by molar-refractivity contribution is 5.88. The van der Waals surface area contributed by atoms with E-state index in [1.54, 1.807) is 17.0 Å². The first-order chi connectivity index (χ1) is 13.8. The van der Waals surface area contributed by atoms with Gasteiger partial charge in [-0.2, -0.15) is 0 Å². The van der Waals surface area contributed by atoms with Crippen molar-refractivity contribution in [2.45, 2.75) is 65.6 Å². The number of benzene rings is 2. The van der Waals surface area contributed by atoms with Crippen LogP contribution >= 0.6 is 0 Å². The Morgan fingerprint density at radius 1 is 0.966 bits per heavy atom. The van der Waals surface area contributed by atoms with Crippen LogP contribution in [0.4, 0.5) is 4.39 Å². The SMILES string of the molecule is CC[C@@H](C)NC(=O)[C@@H](CC)N(Cc1ccc(F)cc1)C(=O)Cc1ccc(C)cc1. The second-order valence-electron chi connectivity index (χ2n) is 7.55. The lowest BCUT2D eigenvalue weighted by Crippen LogP contribution is -2.51. The summed E-state index contributed by atoms with van der Waals surface area (Å²) in [4.78, 5) is 27.7. The summed E-state index contributed by atoms with van der Waals surface area (Å²) in [5, 5.41) is 2.99. The van der Waals surface area contributed by atoms with Crippen LogP contribution in [0.5, 0.6) is 0 Å². The minimum absolute atomic E-state index is 0.0384. The number of hydrogen-bond donors (Lipinski definition) is 1. The van der Waals surface area contributed by atoms with Gasteiger partial charge in [0.1, 0.15) is 11.9 Å². The molecule has 2 atom stereocenters. The van der Waals surface area contributed by atoms with E-state index in [2.05, 4.69) is 5.32 Å². The highest BCUT2D eigenvalue weighted by Crippen LogP contribution is 2.16. The highest BCUT2D eigenvalue weighted by Gasteiger charge is 2.29. The third-order valence-electron chi connectivity index (χ3n) is 5.13. The predicted molar refractivity (Wildman–Crippen MR) is 114 cm³/mol. The monoisotopic (exact) mass is 398 g/mol. The molecule has 0 spiro atoms. The molecule has 2 amide bonds.